The van der Waals surface area contributed by atoms with Gasteiger partial charge in [-0.15, -0.1) is 0 Å². The Morgan fingerprint density at radius 1 is 1.10 bits per heavy atom. The molecular formula is C25H32F5N7O2. The van der Waals surface area contributed by atoms with Gasteiger partial charge >= 0.3 is 6.18 Å². The third-order valence-corrected chi connectivity index (χ3v) is 5.99. The van der Waals surface area contributed by atoms with E-state index >= 15 is 0 Å². The molecule has 1 fully saturated rings. The Labute approximate surface area is 222 Å². The summed E-state index contributed by atoms with van der Waals surface area (Å²) in [4.78, 5) is 35.4. The third kappa shape index (κ3) is 9.59. The molecule has 0 unspecified atom stereocenters. The topological polar surface area (TPSA) is 118 Å². The highest BCUT2D eigenvalue weighted by molar-refractivity contribution is 5.90. The predicted molar refractivity (Wildman–Crippen MR) is 133 cm³/mol. The minimum Gasteiger partial charge on any atom is -0.352 e. The van der Waals surface area contributed by atoms with E-state index in [0.29, 0.717) is 35.3 Å². The van der Waals surface area contributed by atoms with Crippen LogP contribution in [0.15, 0.2) is 24.5 Å². The lowest BCUT2D eigenvalue weighted by atomic mass is 9.97. The maximum absolute atomic E-state index is 12.4. The van der Waals surface area contributed by atoms with E-state index in [2.05, 4.69) is 30.7 Å². The number of alkyl halides is 5. The van der Waals surface area contributed by atoms with Crippen molar-refractivity contribution in [2.75, 3.05) is 0 Å². The predicted octanol–water partition coefficient (Wildman–Crippen LogP) is 5.21. The maximum atomic E-state index is 12.4. The number of nitrogens with zero attached hydrogens (tertiary/aromatic N) is 4. The van der Waals surface area contributed by atoms with E-state index in [1.54, 1.807) is 18.2 Å². The number of H-pyrrole nitrogens is 1. The van der Waals surface area contributed by atoms with Gasteiger partial charge in [0.2, 0.25) is 17.7 Å². The van der Waals surface area contributed by atoms with E-state index in [1.165, 1.54) is 11.0 Å². The minimum absolute atomic E-state index is 0.0122. The van der Waals surface area contributed by atoms with Gasteiger partial charge in [0, 0.05) is 31.8 Å². The van der Waals surface area contributed by atoms with Gasteiger partial charge in [-0.25, -0.2) is 23.4 Å². The van der Waals surface area contributed by atoms with Gasteiger partial charge in [0.1, 0.15) is 12.2 Å². The molecule has 0 aliphatic heterocycles. The van der Waals surface area contributed by atoms with Gasteiger partial charge < -0.3 is 15.6 Å². The molecule has 2 amide bonds. The lowest BCUT2D eigenvalue weighted by Crippen LogP contribution is -2.27. The summed E-state index contributed by atoms with van der Waals surface area (Å²) in [6.45, 7) is 4.02. The molecule has 9 nitrogen and oxygen atoms in total. The third-order valence-electron chi connectivity index (χ3n) is 5.99. The smallest absolute Gasteiger partial charge is 0.352 e. The number of halogens is 5. The van der Waals surface area contributed by atoms with E-state index in [4.69, 9.17) is 0 Å². The minimum atomic E-state index is -4.36. The number of benzene rings is 1. The molecule has 0 saturated heterocycles. The van der Waals surface area contributed by atoms with Crippen LogP contribution < -0.4 is 10.6 Å². The molecule has 3 aromatic rings. The first kappa shape index (κ1) is 30.0. The second-order valence-electron chi connectivity index (χ2n) is 9.65. The summed E-state index contributed by atoms with van der Waals surface area (Å²) in [5.41, 5.74) is 2.04. The summed E-state index contributed by atoms with van der Waals surface area (Å²) < 4.78 is 62.5. The Kier molecular flexibility index (Phi) is 9.97. The van der Waals surface area contributed by atoms with E-state index in [9.17, 15) is 31.5 Å². The SMILES string of the molecule is CC(C)n1ncnc1C(=O)NCc1nc2ccc(CNC(=O)CCC(F)(F)F)cc2[nH]1.FC1(F)CCCCC1. The second-order valence-corrected chi connectivity index (χ2v) is 9.65. The number of fused-ring (bicyclic) bond motifs is 1. The van der Waals surface area contributed by atoms with Gasteiger partial charge in [-0.1, -0.05) is 12.5 Å². The Balaban J connectivity index is 0.000000449. The summed E-state index contributed by atoms with van der Waals surface area (Å²) >= 11 is 0. The fourth-order valence-corrected chi connectivity index (χ4v) is 3.95. The van der Waals surface area contributed by atoms with Crippen molar-refractivity contribution in [1.82, 2.24) is 35.4 Å². The van der Waals surface area contributed by atoms with Crippen molar-refractivity contribution in [3.63, 3.8) is 0 Å². The maximum Gasteiger partial charge on any atom is 0.389 e. The Morgan fingerprint density at radius 2 is 1.82 bits per heavy atom. The van der Waals surface area contributed by atoms with E-state index in [0.717, 1.165) is 6.42 Å². The highest BCUT2D eigenvalue weighted by Crippen LogP contribution is 2.32. The van der Waals surface area contributed by atoms with E-state index in [-0.39, 0.29) is 43.7 Å². The lowest BCUT2D eigenvalue weighted by Gasteiger charge is -2.20. The normalized spacial score (nSPS) is 15.1. The van der Waals surface area contributed by atoms with E-state index < -0.39 is 30.8 Å². The number of rotatable bonds is 8. The first-order valence-corrected chi connectivity index (χ1v) is 12.7. The zero-order chi connectivity index (χ0) is 28.6. The largest absolute Gasteiger partial charge is 0.389 e. The Hall–Kier alpha value is -3.58. The molecule has 39 heavy (non-hydrogen) atoms. The average molecular weight is 558 g/mol. The molecule has 2 heterocycles. The number of aromatic amines is 1. The second kappa shape index (κ2) is 13.0. The molecule has 3 N–H and O–H groups in total. The van der Waals surface area contributed by atoms with Crippen LogP contribution in [-0.4, -0.2) is 48.6 Å². The number of hydrogen-bond donors (Lipinski definition) is 3. The van der Waals surface area contributed by atoms with Gasteiger partial charge in [-0.3, -0.25) is 9.59 Å². The van der Waals surface area contributed by atoms with Crippen LogP contribution >= 0.6 is 0 Å². The van der Waals surface area contributed by atoms with Crippen molar-refractivity contribution in [1.29, 1.82) is 0 Å². The van der Waals surface area contributed by atoms with Crippen molar-refractivity contribution in [3.8, 4) is 0 Å². The molecule has 1 aliphatic carbocycles. The number of aromatic nitrogens is 5. The highest BCUT2D eigenvalue weighted by atomic mass is 19.4. The van der Waals surface area contributed by atoms with Crippen LogP contribution in [0.4, 0.5) is 22.0 Å². The standard InChI is InChI=1S/C19H22F3N7O2.C6H10F2/c1-11(2)29-17(25-10-26-29)18(31)24-9-15-27-13-4-3-12(7-14(13)28-15)8-23-16(30)5-6-19(20,21)22;7-6(8)4-2-1-3-5-6/h3-4,7,10-11H,5-6,8-9H2,1-2H3,(H,23,30)(H,24,31)(H,27,28);1-5H2. The fraction of sp³-hybridized carbons (Fsp3) is 0.560. The van der Waals surface area contributed by atoms with E-state index in [1.807, 2.05) is 13.8 Å². The van der Waals surface area contributed by atoms with Crippen molar-refractivity contribution < 1.29 is 31.5 Å². The molecule has 0 spiro atoms. The zero-order valence-electron chi connectivity index (χ0n) is 21.7. The molecular weight excluding hydrogens is 525 g/mol. The summed E-state index contributed by atoms with van der Waals surface area (Å²) in [7, 11) is 0. The Morgan fingerprint density at radius 3 is 2.44 bits per heavy atom. The molecule has 1 aliphatic rings. The van der Waals surface area contributed by atoms with Crippen LogP contribution in [-0.2, 0) is 17.9 Å². The first-order valence-electron chi connectivity index (χ1n) is 12.7. The average Bonchev–Trinajstić information content (AvgIpc) is 3.51. The number of hydrogen-bond acceptors (Lipinski definition) is 5. The first-order chi connectivity index (χ1) is 18.3. The molecule has 2 aromatic heterocycles. The van der Waals surface area contributed by atoms with Crippen LogP contribution in [0.25, 0.3) is 11.0 Å². The summed E-state index contributed by atoms with van der Waals surface area (Å²) in [5, 5.41) is 9.23. The van der Waals surface area contributed by atoms with Crippen molar-refractivity contribution >= 4 is 22.8 Å². The molecule has 4 rings (SSSR count). The van der Waals surface area contributed by atoms with Gasteiger partial charge in [0.15, 0.2) is 0 Å². The summed E-state index contributed by atoms with van der Waals surface area (Å²) in [6, 6.07) is 5.18. The molecule has 214 valence electrons. The van der Waals surface area contributed by atoms with Gasteiger partial charge in [-0.2, -0.15) is 18.3 Å². The Bertz CT molecular complexity index is 1250. The highest BCUT2D eigenvalue weighted by Gasteiger charge is 2.30. The lowest BCUT2D eigenvalue weighted by molar-refractivity contribution is -0.144. The molecule has 1 aromatic carbocycles. The number of carbonyl (C=O) groups excluding carboxylic acids is 2. The summed E-state index contributed by atoms with van der Waals surface area (Å²) in [6.07, 6.45) is -2.14. The van der Waals surface area contributed by atoms with Crippen LogP contribution in [0.2, 0.25) is 0 Å². The number of amides is 2. The number of carbonyl (C=O) groups is 2. The monoisotopic (exact) mass is 557 g/mol. The zero-order valence-corrected chi connectivity index (χ0v) is 21.7. The number of imidazole rings is 1. The molecule has 0 atom stereocenters. The quantitative estimate of drug-likeness (QED) is 0.329. The molecule has 1 saturated carbocycles. The van der Waals surface area contributed by atoms with Gasteiger partial charge in [0.25, 0.3) is 5.91 Å². The number of nitrogens with one attached hydrogen (secondary N) is 3. The molecule has 0 bridgehead atoms. The van der Waals surface area contributed by atoms with Crippen molar-refractivity contribution in [2.45, 2.75) is 90.0 Å². The molecule has 0 radical (unpaired) electrons. The van der Waals surface area contributed by atoms with Gasteiger partial charge in [-0.05, 0) is 44.4 Å². The van der Waals surface area contributed by atoms with Crippen LogP contribution in [0.3, 0.4) is 0 Å². The van der Waals surface area contributed by atoms with Crippen LogP contribution in [0.1, 0.15) is 86.8 Å². The van der Waals surface area contributed by atoms with Crippen LogP contribution in [0, 0.1) is 0 Å². The van der Waals surface area contributed by atoms with Crippen LogP contribution in [0.5, 0.6) is 0 Å². The summed E-state index contributed by atoms with van der Waals surface area (Å²) in [5.74, 6) is -2.65. The van der Waals surface area contributed by atoms with Crippen molar-refractivity contribution in [3.05, 3.63) is 41.7 Å². The van der Waals surface area contributed by atoms with Gasteiger partial charge in [0.05, 0.1) is 24.0 Å². The fourth-order valence-electron chi connectivity index (χ4n) is 3.95. The molecule has 14 heteroatoms. The van der Waals surface area contributed by atoms with Crippen molar-refractivity contribution in [2.24, 2.45) is 0 Å².